The van der Waals surface area contributed by atoms with Crippen LogP contribution in [-0.2, 0) is 14.4 Å². The highest BCUT2D eigenvalue weighted by Crippen LogP contribution is 2.24. The van der Waals surface area contributed by atoms with Crippen molar-refractivity contribution in [2.45, 2.75) is 69.5 Å². The van der Waals surface area contributed by atoms with Crippen LogP contribution in [-0.4, -0.2) is 73.4 Å². The largest absolute Gasteiger partial charge is 0.387 e. The van der Waals surface area contributed by atoms with E-state index in [0.717, 1.165) is 0 Å². The predicted molar refractivity (Wildman–Crippen MR) is 74.9 cm³/mol. The van der Waals surface area contributed by atoms with Gasteiger partial charge in [-0.15, -0.1) is 0 Å². The van der Waals surface area contributed by atoms with Crippen molar-refractivity contribution in [3.05, 3.63) is 0 Å². The van der Waals surface area contributed by atoms with E-state index in [9.17, 15) is 34.8 Å². The summed E-state index contributed by atoms with van der Waals surface area (Å²) in [6.07, 6.45) is -8.74. The van der Waals surface area contributed by atoms with E-state index in [1.54, 1.807) is 13.8 Å². The average Bonchev–Trinajstić information content (AvgIpc) is 2.51. The number of carbonyl (C=O) groups is 3. The zero-order valence-corrected chi connectivity index (χ0v) is 12.7. The third kappa shape index (κ3) is 4.40. The van der Waals surface area contributed by atoms with Crippen molar-refractivity contribution in [3.63, 3.8) is 0 Å². The second-order valence-electron chi connectivity index (χ2n) is 5.17. The van der Waals surface area contributed by atoms with Crippen LogP contribution in [0.4, 0.5) is 0 Å². The van der Waals surface area contributed by atoms with Crippen LogP contribution in [0.3, 0.4) is 0 Å². The van der Waals surface area contributed by atoms with Gasteiger partial charge in [-0.25, -0.2) is 0 Å². The number of ketones is 2. The summed E-state index contributed by atoms with van der Waals surface area (Å²) in [7, 11) is 0. The highest BCUT2D eigenvalue weighted by molar-refractivity contribution is 6.10. The molecule has 0 aromatic carbocycles. The van der Waals surface area contributed by atoms with Crippen LogP contribution in [0.1, 0.15) is 39.5 Å². The van der Waals surface area contributed by atoms with E-state index in [1.165, 1.54) is 0 Å². The van der Waals surface area contributed by atoms with Crippen LogP contribution < -0.4 is 0 Å². The lowest BCUT2D eigenvalue weighted by Gasteiger charge is -2.35. The summed E-state index contributed by atoms with van der Waals surface area (Å²) < 4.78 is 0. The number of hydrogen-bond donors (Lipinski definition) is 5. The molecular formula is C14H24O8. The first-order chi connectivity index (χ1) is 10.2. The lowest BCUT2D eigenvalue weighted by molar-refractivity contribution is -0.185. The Balaban J connectivity index is 5.53. The van der Waals surface area contributed by atoms with E-state index < -0.39 is 41.6 Å². The summed E-state index contributed by atoms with van der Waals surface area (Å²) in [5.41, 5.74) is -2.89. The number of aldehydes is 1. The van der Waals surface area contributed by atoms with Gasteiger partial charge in [0.25, 0.3) is 0 Å². The molecule has 0 spiro atoms. The molecule has 0 fully saturated rings. The minimum absolute atomic E-state index is 0.0820. The normalized spacial score (nSPS) is 17.4. The molecule has 0 aromatic rings. The molecular weight excluding hydrogens is 296 g/mol. The Morgan fingerprint density at radius 3 is 1.68 bits per heavy atom. The number of aliphatic hydroxyl groups is 5. The fourth-order valence-corrected chi connectivity index (χ4v) is 2.04. The minimum atomic E-state index is -2.89. The van der Waals surface area contributed by atoms with E-state index in [-0.39, 0.29) is 19.1 Å². The van der Waals surface area contributed by atoms with E-state index >= 15 is 0 Å². The highest BCUT2D eigenvalue weighted by Gasteiger charge is 2.52. The summed E-state index contributed by atoms with van der Waals surface area (Å²) in [6, 6.07) is 0. The topological polar surface area (TPSA) is 152 Å². The minimum Gasteiger partial charge on any atom is -0.387 e. The Morgan fingerprint density at radius 1 is 0.955 bits per heavy atom. The van der Waals surface area contributed by atoms with Gasteiger partial charge in [-0.05, 0) is 12.8 Å². The molecule has 0 bridgehead atoms. The summed E-state index contributed by atoms with van der Waals surface area (Å²) in [6.45, 7) is 3.24. The molecule has 8 nitrogen and oxygen atoms in total. The molecule has 4 atom stereocenters. The van der Waals surface area contributed by atoms with Crippen molar-refractivity contribution in [2.24, 2.45) is 0 Å². The van der Waals surface area contributed by atoms with Gasteiger partial charge in [0.05, 0.1) is 0 Å². The van der Waals surface area contributed by atoms with E-state index in [0.29, 0.717) is 12.8 Å². The van der Waals surface area contributed by atoms with Crippen LogP contribution in [0.15, 0.2) is 0 Å². The predicted octanol–water partition coefficient (Wildman–Crippen LogP) is -1.90. The molecule has 0 aliphatic heterocycles. The second-order valence-corrected chi connectivity index (χ2v) is 5.17. The lowest BCUT2D eigenvalue weighted by Crippen LogP contribution is -2.63. The maximum absolute atomic E-state index is 12.0. The smallest absolute Gasteiger partial charge is 0.209 e. The molecule has 128 valence electrons. The second kappa shape index (κ2) is 9.06. The molecule has 0 radical (unpaired) electrons. The van der Waals surface area contributed by atoms with Gasteiger partial charge in [0.1, 0.15) is 24.4 Å². The molecule has 5 N–H and O–H groups in total. The van der Waals surface area contributed by atoms with Gasteiger partial charge in [0.2, 0.25) is 5.60 Å². The van der Waals surface area contributed by atoms with Crippen molar-refractivity contribution in [3.8, 4) is 0 Å². The summed E-state index contributed by atoms with van der Waals surface area (Å²) in [5, 5.41) is 48.8. The number of carbonyl (C=O) groups excluding carboxylic acids is 3. The van der Waals surface area contributed by atoms with Crippen molar-refractivity contribution in [1.82, 2.24) is 0 Å². The zero-order chi connectivity index (χ0) is 17.5. The van der Waals surface area contributed by atoms with Gasteiger partial charge < -0.3 is 30.3 Å². The Hall–Kier alpha value is -1.19. The molecule has 0 saturated carbocycles. The molecule has 8 heteroatoms. The van der Waals surface area contributed by atoms with Gasteiger partial charge in [0, 0.05) is 12.8 Å². The standard InChI is InChI=1S/C14H24O8/c1-3-5-9(17)14(22,10(18)6-4-2)13(21)12(20)11(19)8(16)7-15/h7-8,11-13,16,19-22H,3-6H2,1-2H3/t8-,11+,12-,13-/m0/s1. The first kappa shape index (κ1) is 20.8. The molecule has 0 aliphatic rings. The van der Waals surface area contributed by atoms with Crippen LogP contribution in [0.25, 0.3) is 0 Å². The molecule has 0 rings (SSSR count). The van der Waals surface area contributed by atoms with Crippen molar-refractivity contribution in [2.75, 3.05) is 0 Å². The van der Waals surface area contributed by atoms with Crippen molar-refractivity contribution < 1.29 is 39.9 Å². The third-order valence-electron chi connectivity index (χ3n) is 3.40. The fraction of sp³-hybridized carbons (Fsp3) is 0.786. The van der Waals surface area contributed by atoms with Gasteiger partial charge >= 0.3 is 0 Å². The summed E-state index contributed by atoms with van der Waals surface area (Å²) >= 11 is 0. The zero-order valence-electron chi connectivity index (χ0n) is 12.7. The van der Waals surface area contributed by atoms with Crippen molar-refractivity contribution >= 4 is 17.9 Å². The maximum Gasteiger partial charge on any atom is 0.209 e. The van der Waals surface area contributed by atoms with Crippen LogP contribution in [0.2, 0.25) is 0 Å². The van der Waals surface area contributed by atoms with Crippen molar-refractivity contribution in [1.29, 1.82) is 0 Å². The highest BCUT2D eigenvalue weighted by atomic mass is 16.4. The molecule has 0 heterocycles. The Morgan fingerprint density at radius 2 is 1.36 bits per heavy atom. The molecule has 0 aliphatic carbocycles. The SMILES string of the molecule is CCCC(=O)C(O)(C(=O)CCC)[C@@H](O)[C@@H](O)[C@H](O)[C@@H](O)C=O. The molecule has 0 saturated heterocycles. The van der Waals surface area contributed by atoms with Gasteiger partial charge in [-0.2, -0.15) is 0 Å². The number of aliphatic hydroxyl groups excluding tert-OH is 4. The maximum atomic E-state index is 12.0. The van der Waals surface area contributed by atoms with E-state index in [2.05, 4.69) is 0 Å². The Kier molecular flexibility index (Phi) is 8.57. The van der Waals surface area contributed by atoms with Crippen LogP contribution in [0, 0.1) is 0 Å². The van der Waals surface area contributed by atoms with E-state index in [1.807, 2.05) is 0 Å². The molecule has 0 aromatic heterocycles. The van der Waals surface area contributed by atoms with Crippen LogP contribution in [0.5, 0.6) is 0 Å². The number of rotatable bonds is 11. The molecule has 22 heavy (non-hydrogen) atoms. The van der Waals surface area contributed by atoms with Gasteiger partial charge in [-0.1, -0.05) is 13.8 Å². The lowest BCUT2D eigenvalue weighted by atomic mass is 9.79. The first-order valence-electron chi connectivity index (χ1n) is 7.14. The Bertz CT molecular complexity index is 376. The quantitative estimate of drug-likeness (QED) is 0.218. The monoisotopic (exact) mass is 320 g/mol. The van der Waals surface area contributed by atoms with Gasteiger partial charge in [0.15, 0.2) is 17.9 Å². The van der Waals surface area contributed by atoms with Gasteiger partial charge in [-0.3, -0.25) is 9.59 Å². The van der Waals surface area contributed by atoms with E-state index in [4.69, 9.17) is 5.11 Å². The molecule has 0 amide bonds. The number of Topliss-reactive ketones (excluding diaryl/α,β-unsaturated/α-hetero) is 2. The third-order valence-corrected chi connectivity index (χ3v) is 3.40. The summed E-state index contributed by atoms with van der Waals surface area (Å²) in [4.78, 5) is 34.5. The number of hydrogen-bond acceptors (Lipinski definition) is 8. The summed E-state index contributed by atoms with van der Waals surface area (Å²) in [5.74, 6) is -1.99. The Labute approximate surface area is 128 Å². The van der Waals surface area contributed by atoms with Crippen LogP contribution >= 0.6 is 0 Å². The first-order valence-corrected chi connectivity index (χ1v) is 7.14. The fourth-order valence-electron chi connectivity index (χ4n) is 2.04. The average molecular weight is 320 g/mol. The molecule has 0 unspecified atom stereocenters.